The molecule has 0 aliphatic carbocycles. The Bertz CT molecular complexity index is 1920. The van der Waals surface area contributed by atoms with Gasteiger partial charge in [-0.3, -0.25) is 0 Å². The van der Waals surface area contributed by atoms with Crippen molar-refractivity contribution in [3.63, 3.8) is 0 Å². The number of nitrogens with one attached hydrogen (secondary N) is 1. The fourth-order valence-electron chi connectivity index (χ4n) is 4.04. The molecule has 3 aromatic heterocycles. The molecule has 0 aliphatic rings. The van der Waals surface area contributed by atoms with Crippen molar-refractivity contribution in [2.75, 3.05) is 5.43 Å². The van der Waals surface area contributed by atoms with Crippen LogP contribution in [0.1, 0.15) is 59.9 Å². The summed E-state index contributed by atoms with van der Waals surface area (Å²) in [5.74, 6) is 1.08. The van der Waals surface area contributed by atoms with E-state index in [9.17, 15) is 9.59 Å². The predicted octanol–water partition coefficient (Wildman–Crippen LogP) is 7.56. The van der Waals surface area contributed by atoms with Crippen LogP contribution in [0.4, 0.5) is 5.95 Å². The summed E-state index contributed by atoms with van der Waals surface area (Å²) in [6.07, 6.45) is 3.75. The maximum Gasteiger partial charge on any atom is 0.339 e. The molecular weight excluding hydrogens is 635 g/mol. The first-order valence-corrected chi connectivity index (χ1v) is 14.8. The second kappa shape index (κ2) is 14.3. The molecule has 236 valence electrons. The van der Waals surface area contributed by atoms with Crippen molar-refractivity contribution in [2.24, 2.45) is 10.2 Å². The van der Waals surface area contributed by atoms with E-state index in [1.807, 2.05) is 0 Å². The van der Waals surface area contributed by atoms with Crippen LogP contribution in [0.15, 0.2) is 86.0 Å². The van der Waals surface area contributed by atoms with Gasteiger partial charge >= 0.3 is 11.9 Å². The SMILES string of the molecule is CC(C)OC(=O)c1cc(-c2ccc(/C=N/Nc3nncn3/N=C/c3ccc(-c4ccc(Cl)c(C(=O)OC(C)C)c4)o3)o2)ccc1Cl. The minimum absolute atomic E-state index is 0.225. The summed E-state index contributed by atoms with van der Waals surface area (Å²) in [7, 11) is 0. The Morgan fingerprint density at radius 1 is 0.804 bits per heavy atom. The van der Waals surface area contributed by atoms with E-state index in [-0.39, 0.29) is 39.3 Å². The third-order valence-corrected chi connectivity index (χ3v) is 6.74. The number of carbonyl (C=O) groups is 2. The summed E-state index contributed by atoms with van der Waals surface area (Å²) in [4.78, 5) is 24.8. The molecule has 0 saturated heterocycles. The van der Waals surface area contributed by atoms with E-state index in [4.69, 9.17) is 41.5 Å². The summed E-state index contributed by atoms with van der Waals surface area (Å²) in [6, 6.07) is 16.9. The predicted molar refractivity (Wildman–Crippen MR) is 174 cm³/mol. The number of aromatic nitrogens is 3. The van der Waals surface area contributed by atoms with Gasteiger partial charge in [-0.2, -0.15) is 14.9 Å². The number of hydrogen-bond acceptors (Lipinski definition) is 11. The van der Waals surface area contributed by atoms with Gasteiger partial charge in [-0.1, -0.05) is 23.2 Å². The van der Waals surface area contributed by atoms with E-state index in [1.165, 1.54) is 23.4 Å². The van der Waals surface area contributed by atoms with Crippen molar-refractivity contribution in [2.45, 2.75) is 39.9 Å². The number of esters is 2. The molecule has 0 fully saturated rings. The van der Waals surface area contributed by atoms with Crippen LogP contribution < -0.4 is 5.43 Å². The Hall–Kier alpha value is -5.20. The minimum Gasteiger partial charge on any atom is -0.459 e. The number of hydrogen-bond donors (Lipinski definition) is 1. The molecule has 5 rings (SSSR count). The van der Waals surface area contributed by atoms with Crippen molar-refractivity contribution in [1.29, 1.82) is 0 Å². The zero-order valence-corrected chi connectivity index (χ0v) is 26.6. The highest BCUT2D eigenvalue weighted by atomic mass is 35.5. The van der Waals surface area contributed by atoms with Gasteiger partial charge in [0, 0.05) is 11.1 Å². The molecule has 12 nitrogen and oxygen atoms in total. The van der Waals surface area contributed by atoms with E-state index >= 15 is 0 Å². The molecular formula is C32H28Cl2N6O6. The van der Waals surface area contributed by atoms with Crippen molar-refractivity contribution in [3.05, 3.63) is 99.7 Å². The number of benzene rings is 2. The average Bonchev–Trinajstić information content (AvgIpc) is 3.78. The zero-order chi connectivity index (χ0) is 32.8. The largest absolute Gasteiger partial charge is 0.459 e. The van der Waals surface area contributed by atoms with Gasteiger partial charge in [0.1, 0.15) is 29.4 Å². The third kappa shape index (κ3) is 7.89. The second-order valence-electron chi connectivity index (χ2n) is 10.3. The molecule has 3 heterocycles. The highest BCUT2D eigenvalue weighted by Gasteiger charge is 2.17. The Morgan fingerprint density at radius 3 is 1.85 bits per heavy atom. The second-order valence-corrected chi connectivity index (χ2v) is 11.1. The van der Waals surface area contributed by atoms with Gasteiger partial charge in [-0.05, 0) is 88.4 Å². The monoisotopic (exact) mass is 662 g/mol. The number of ether oxygens (including phenoxy) is 2. The molecule has 0 atom stereocenters. The Morgan fingerprint density at radius 2 is 1.33 bits per heavy atom. The smallest absolute Gasteiger partial charge is 0.339 e. The lowest BCUT2D eigenvalue weighted by molar-refractivity contribution is 0.0367. The number of rotatable bonds is 11. The summed E-state index contributed by atoms with van der Waals surface area (Å²) in [5, 5.41) is 16.9. The Kier molecular flexibility index (Phi) is 9.99. The molecule has 0 unspecified atom stereocenters. The number of nitrogens with zero attached hydrogens (tertiary/aromatic N) is 5. The lowest BCUT2D eigenvalue weighted by Crippen LogP contribution is -2.12. The van der Waals surface area contributed by atoms with Gasteiger partial charge in [0.2, 0.25) is 0 Å². The number of anilines is 1. The first-order chi connectivity index (χ1) is 22.1. The van der Waals surface area contributed by atoms with Crippen LogP contribution in [-0.4, -0.2) is 51.4 Å². The van der Waals surface area contributed by atoms with Crippen LogP contribution in [0.5, 0.6) is 0 Å². The van der Waals surface area contributed by atoms with Gasteiger partial charge in [-0.15, -0.1) is 10.2 Å². The van der Waals surface area contributed by atoms with E-state index in [2.05, 4.69) is 25.8 Å². The van der Waals surface area contributed by atoms with Gasteiger partial charge in [0.05, 0.1) is 45.8 Å². The normalized spacial score (nSPS) is 11.7. The zero-order valence-electron chi connectivity index (χ0n) is 25.1. The van der Waals surface area contributed by atoms with E-state index in [0.717, 1.165) is 0 Å². The average molecular weight is 664 g/mol. The van der Waals surface area contributed by atoms with Gasteiger partial charge in [0.25, 0.3) is 5.95 Å². The van der Waals surface area contributed by atoms with Crippen molar-refractivity contribution >= 4 is 53.5 Å². The lowest BCUT2D eigenvalue weighted by atomic mass is 10.1. The molecule has 0 bridgehead atoms. The summed E-state index contributed by atoms with van der Waals surface area (Å²) < 4.78 is 23.7. The molecule has 1 N–H and O–H groups in total. The standard InChI is InChI=1S/C32H28Cl2N6O6/c1-18(2)43-30(41)24-13-20(5-9-26(24)33)28-11-7-22(45-28)15-35-38-32-39-36-17-40(32)37-16-23-8-12-29(46-23)21-6-10-27(34)25(14-21)31(42)44-19(3)4/h5-19H,1-4H3,(H,38,39)/b35-15+,37-16+. The molecule has 0 aliphatic heterocycles. The van der Waals surface area contributed by atoms with E-state index < -0.39 is 11.9 Å². The molecule has 0 amide bonds. The fourth-order valence-corrected chi connectivity index (χ4v) is 4.43. The van der Waals surface area contributed by atoms with Crippen LogP contribution in [0, 0.1) is 0 Å². The van der Waals surface area contributed by atoms with Gasteiger partial charge in [-0.25, -0.2) is 15.0 Å². The Balaban J connectivity index is 1.23. The van der Waals surface area contributed by atoms with Gasteiger partial charge in [0.15, 0.2) is 0 Å². The van der Waals surface area contributed by atoms with Crippen molar-refractivity contribution in [1.82, 2.24) is 14.9 Å². The van der Waals surface area contributed by atoms with Crippen molar-refractivity contribution < 1.29 is 27.9 Å². The molecule has 0 spiro atoms. The third-order valence-electron chi connectivity index (χ3n) is 6.08. The van der Waals surface area contributed by atoms with Crippen LogP contribution in [0.3, 0.4) is 0 Å². The minimum atomic E-state index is -0.515. The fraction of sp³-hybridized carbons (Fsp3) is 0.188. The molecule has 5 aromatic rings. The highest BCUT2D eigenvalue weighted by Crippen LogP contribution is 2.29. The quantitative estimate of drug-likeness (QED) is 0.0859. The molecule has 0 radical (unpaired) electrons. The topological polar surface area (TPSA) is 146 Å². The maximum absolute atomic E-state index is 12.4. The van der Waals surface area contributed by atoms with Crippen LogP contribution in [-0.2, 0) is 9.47 Å². The maximum atomic E-state index is 12.4. The van der Waals surface area contributed by atoms with Crippen LogP contribution in [0.25, 0.3) is 22.6 Å². The summed E-state index contributed by atoms with van der Waals surface area (Å²) in [6.45, 7) is 7.06. The molecule has 2 aromatic carbocycles. The molecule has 46 heavy (non-hydrogen) atoms. The van der Waals surface area contributed by atoms with Gasteiger partial charge < -0.3 is 18.3 Å². The highest BCUT2D eigenvalue weighted by molar-refractivity contribution is 6.34. The first-order valence-electron chi connectivity index (χ1n) is 14.0. The number of carbonyl (C=O) groups excluding carboxylic acids is 2. The van der Waals surface area contributed by atoms with Crippen molar-refractivity contribution in [3.8, 4) is 22.6 Å². The summed E-state index contributed by atoms with van der Waals surface area (Å²) >= 11 is 12.4. The number of furan rings is 2. The van der Waals surface area contributed by atoms with Crippen LogP contribution in [0.2, 0.25) is 10.0 Å². The summed E-state index contributed by atoms with van der Waals surface area (Å²) in [5.41, 5.74) is 4.54. The number of hydrazone groups is 1. The van der Waals surface area contributed by atoms with Crippen LogP contribution >= 0.6 is 23.2 Å². The first kappa shape index (κ1) is 32.2. The van der Waals surface area contributed by atoms with E-state index in [0.29, 0.717) is 34.2 Å². The Labute approximate surface area is 273 Å². The lowest BCUT2D eigenvalue weighted by Gasteiger charge is -2.10. The van der Waals surface area contributed by atoms with E-state index in [1.54, 1.807) is 88.4 Å². The molecule has 14 heteroatoms. The number of halogens is 2. The molecule has 0 saturated carbocycles.